The van der Waals surface area contributed by atoms with Crippen LogP contribution in [0.3, 0.4) is 0 Å². The molecular weight excluding hydrogens is 148 g/mol. The molecule has 0 N–H and O–H groups in total. The normalized spacial score (nSPS) is 60.2. The first kappa shape index (κ1) is 7.11. The van der Waals surface area contributed by atoms with E-state index >= 15 is 0 Å². The second-order valence-electron chi connectivity index (χ2n) is 5.14. The van der Waals surface area contributed by atoms with Crippen molar-refractivity contribution in [3.63, 3.8) is 0 Å². The molecule has 5 unspecified atom stereocenters. The van der Waals surface area contributed by atoms with Gasteiger partial charge in [-0.2, -0.15) is 0 Å². The highest BCUT2D eigenvalue weighted by Crippen LogP contribution is 2.80. The molecular formula is C11H16O. The second-order valence-corrected chi connectivity index (χ2v) is 5.14. The fourth-order valence-electron chi connectivity index (χ4n) is 4.56. The molecule has 1 nitrogen and oxygen atoms in total. The molecule has 0 radical (unpaired) electrons. The maximum Gasteiger partial charge on any atom is 0.133 e. The lowest BCUT2D eigenvalue weighted by Crippen LogP contribution is -2.49. The number of rotatable bonds is 1. The van der Waals surface area contributed by atoms with E-state index in [1.807, 2.05) is 0 Å². The van der Waals surface area contributed by atoms with Crippen molar-refractivity contribution in [1.82, 2.24) is 0 Å². The van der Waals surface area contributed by atoms with Crippen LogP contribution in [0.25, 0.3) is 0 Å². The van der Waals surface area contributed by atoms with Gasteiger partial charge in [-0.15, -0.1) is 0 Å². The maximum absolute atomic E-state index is 11.4. The van der Waals surface area contributed by atoms with Crippen molar-refractivity contribution in [2.45, 2.75) is 33.1 Å². The van der Waals surface area contributed by atoms with Gasteiger partial charge in [0.05, 0.1) is 0 Å². The van der Waals surface area contributed by atoms with Crippen LogP contribution in [0.2, 0.25) is 0 Å². The van der Waals surface area contributed by atoms with Gasteiger partial charge in [-0.25, -0.2) is 0 Å². The molecule has 3 aliphatic rings. The zero-order valence-electron chi connectivity index (χ0n) is 7.84. The first-order valence-electron chi connectivity index (χ1n) is 5.18. The smallest absolute Gasteiger partial charge is 0.133 e. The van der Waals surface area contributed by atoms with Gasteiger partial charge in [-0.3, -0.25) is 4.79 Å². The van der Waals surface area contributed by atoms with Crippen molar-refractivity contribution in [2.75, 3.05) is 0 Å². The van der Waals surface area contributed by atoms with Gasteiger partial charge in [0.25, 0.3) is 0 Å². The number of carbonyl (C=O) groups is 1. The van der Waals surface area contributed by atoms with E-state index in [4.69, 9.17) is 0 Å². The molecule has 3 saturated carbocycles. The van der Waals surface area contributed by atoms with Crippen molar-refractivity contribution >= 4 is 5.78 Å². The molecule has 12 heavy (non-hydrogen) atoms. The Bertz CT molecular complexity index is 258. The minimum atomic E-state index is 0.454. The van der Waals surface area contributed by atoms with E-state index in [1.54, 1.807) is 6.92 Å². The lowest BCUT2D eigenvalue weighted by Gasteiger charge is -2.49. The van der Waals surface area contributed by atoms with Crippen molar-refractivity contribution in [3.8, 4) is 0 Å². The predicted molar refractivity (Wildman–Crippen MR) is 46.6 cm³/mol. The summed E-state index contributed by atoms with van der Waals surface area (Å²) in [5.41, 5.74) is 0.561. The molecule has 3 fully saturated rings. The van der Waals surface area contributed by atoms with E-state index in [1.165, 1.54) is 19.3 Å². The Kier molecular flexibility index (Phi) is 1.06. The van der Waals surface area contributed by atoms with Gasteiger partial charge in [0.2, 0.25) is 0 Å². The highest BCUT2D eigenvalue weighted by atomic mass is 16.1. The third-order valence-electron chi connectivity index (χ3n) is 4.89. The summed E-state index contributed by atoms with van der Waals surface area (Å²) < 4.78 is 0. The van der Waals surface area contributed by atoms with Crippen LogP contribution >= 0.6 is 0 Å². The van der Waals surface area contributed by atoms with E-state index in [0.717, 1.165) is 11.8 Å². The summed E-state index contributed by atoms with van der Waals surface area (Å²) in [6.45, 7) is 4.07. The molecule has 0 aromatic carbocycles. The number of ketones is 1. The number of Topliss-reactive ketones (excluding diaryl/α,β-unsaturated/α-hetero) is 1. The molecule has 0 heterocycles. The zero-order chi connectivity index (χ0) is 8.51. The quantitative estimate of drug-likeness (QED) is 0.581. The topological polar surface area (TPSA) is 17.1 Å². The molecule has 0 bridgehead atoms. The Morgan fingerprint density at radius 1 is 1.42 bits per heavy atom. The van der Waals surface area contributed by atoms with Gasteiger partial charge < -0.3 is 0 Å². The first-order chi connectivity index (χ1) is 5.68. The molecule has 66 valence electrons. The number of hydrogen-bond acceptors (Lipinski definition) is 1. The molecule has 3 rings (SSSR count). The Morgan fingerprint density at radius 3 is 2.75 bits per heavy atom. The minimum Gasteiger partial charge on any atom is -0.300 e. The standard InChI is InChI=1S/C11H16O/c1-6-9-4-3-8-5-11(8,9)10(6)7(2)12/h6,8-10H,3-5H2,1-2H3. The summed E-state index contributed by atoms with van der Waals surface area (Å²) in [6, 6.07) is 0. The summed E-state index contributed by atoms with van der Waals surface area (Å²) in [5.74, 6) is 3.50. The predicted octanol–water partition coefficient (Wildman–Crippen LogP) is 2.26. The molecule has 5 atom stereocenters. The van der Waals surface area contributed by atoms with E-state index in [0.29, 0.717) is 23.0 Å². The van der Waals surface area contributed by atoms with E-state index in [-0.39, 0.29) is 0 Å². The lowest BCUT2D eigenvalue weighted by molar-refractivity contribution is -0.137. The lowest BCUT2D eigenvalue weighted by atomic mass is 9.54. The van der Waals surface area contributed by atoms with Gasteiger partial charge >= 0.3 is 0 Å². The third-order valence-corrected chi connectivity index (χ3v) is 4.89. The molecule has 0 amide bonds. The summed E-state index contributed by atoms with van der Waals surface area (Å²) in [5, 5.41) is 0. The van der Waals surface area contributed by atoms with Crippen LogP contribution in [0, 0.1) is 29.1 Å². The largest absolute Gasteiger partial charge is 0.300 e. The van der Waals surface area contributed by atoms with Crippen LogP contribution in [0.15, 0.2) is 0 Å². The van der Waals surface area contributed by atoms with E-state index in [9.17, 15) is 4.79 Å². The van der Waals surface area contributed by atoms with Crippen molar-refractivity contribution in [1.29, 1.82) is 0 Å². The summed E-state index contributed by atoms with van der Waals surface area (Å²) in [7, 11) is 0. The Hall–Kier alpha value is -0.330. The van der Waals surface area contributed by atoms with Crippen LogP contribution in [0.5, 0.6) is 0 Å². The van der Waals surface area contributed by atoms with Crippen LogP contribution in [0.1, 0.15) is 33.1 Å². The van der Waals surface area contributed by atoms with Gasteiger partial charge in [0.1, 0.15) is 5.78 Å². The minimum absolute atomic E-state index is 0.454. The van der Waals surface area contributed by atoms with Gasteiger partial charge in [0, 0.05) is 5.92 Å². The van der Waals surface area contributed by atoms with Gasteiger partial charge in [0.15, 0.2) is 0 Å². The molecule has 0 aromatic rings. The van der Waals surface area contributed by atoms with Crippen LogP contribution in [-0.4, -0.2) is 5.78 Å². The molecule has 3 aliphatic carbocycles. The number of hydrogen-bond donors (Lipinski definition) is 0. The van der Waals surface area contributed by atoms with Crippen molar-refractivity contribution in [2.24, 2.45) is 29.1 Å². The van der Waals surface area contributed by atoms with Gasteiger partial charge in [-0.05, 0) is 49.4 Å². The molecule has 1 heteroatoms. The Morgan fingerprint density at radius 2 is 2.17 bits per heavy atom. The fourth-order valence-corrected chi connectivity index (χ4v) is 4.56. The average molecular weight is 164 g/mol. The first-order valence-corrected chi connectivity index (χ1v) is 5.18. The Labute approximate surface area is 73.5 Å². The molecule has 0 aliphatic heterocycles. The molecule has 1 spiro atoms. The highest BCUT2D eigenvalue weighted by Gasteiger charge is 2.76. The fraction of sp³-hybridized carbons (Fsp3) is 0.909. The SMILES string of the molecule is CC(=O)C1C(C)C2CCC3CC321. The summed E-state index contributed by atoms with van der Waals surface area (Å²) in [6.07, 6.45) is 4.21. The summed E-state index contributed by atoms with van der Waals surface area (Å²) in [4.78, 5) is 11.4. The van der Waals surface area contributed by atoms with Crippen LogP contribution in [0.4, 0.5) is 0 Å². The monoisotopic (exact) mass is 164 g/mol. The van der Waals surface area contributed by atoms with Crippen LogP contribution in [-0.2, 0) is 4.79 Å². The van der Waals surface area contributed by atoms with Crippen molar-refractivity contribution in [3.05, 3.63) is 0 Å². The number of carbonyl (C=O) groups excluding carboxylic acids is 1. The summed E-state index contributed by atoms with van der Waals surface area (Å²) >= 11 is 0. The van der Waals surface area contributed by atoms with Gasteiger partial charge in [-0.1, -0.05) is 6.92 Å². The zero-order valence-corrected chi connectivity index (χ0v) is 7.84. The van der Waals surface area contributed by atoms with E-state index in [2.05, 4.69) is 6.92 Å². The maximum atomic E-state index is 11.4. The van der Waals surface area contributed by atoms with Crippen LogP contribution < -0.4 is 0 Å². The average Bonchev–Trinajstić information content (AvgIpc) is 2.60. The Balaban J connectivity index is 1.93. The highest BCUT2D eigenvalue weighted by molar-refractivity contribution is 5.81. The van der Waals surface area contributed by atoms with Crippen molar-refractivity contribution < 1.29 is 4.79 Å². The van der Waals surface area contributed by atoms with E-state index < -0.39 is 0 Å². The third kappa shape index (κ3) is 0.512. The molecule has 0 saturated heterocycles. The second kappa shape index (κ2) is 1.78. The molecule has 0 aromatic heterocycles.